The molecule has 0 aliphatic heterocycles. The Kier molecular flexibility index (Phi) is 8.55. The summed E-state index contributed by atoms with van der Waals surface area (Å²) in [5, 5.41) is 3.05. The highest BCUT2D eigenvalue weighted by atomic mass is 32.2. The number of rotatable bonds is 10. The van der Waals surface area contributed by atoms with Gasteiger partial charge in [-0.15, -0.1) is 0 Å². The van der Waals surface area contributed by atoms with Crippen molar-refractivity contribution >= 4 is 27.5 Å². The van der Waals surface area contributed by atoms with Crippen LogP contribution in [0, 0.1) is 0 Å². The van der Waals surface area contributed by atoms with E-state index >= 15 is 0 Å². The fourth-order valence-corrected chi connectivity index (χ4v) is 5.00. The van der Waals surface area contributed by atoms with Crippen molar-refractivity contribution in [3.05, 3.63) is 60.2 Å². The Hall–Kier alpha value is -3.07. The van der Waals surface area contributed by atoms with E-state index in [1.807, 2.05) is 12.1 Å². The molecule has 1 N–H and O–H groups in total. The molecule has 2 aromatic rings. The summed E-state index contributed by atoms with van der Waals surface area (Å²) < 4.78 is 31.4. The number of hydrogen-bond acceptors (Lipinski definition) is 5. The quantitative estimate of drug-likeness (QED) is 0.556. The van der Waals surface area contributed by atoms with Gasteiger partial charge in [0.1, 0.15) is 18.3 Å². The highest BCUT2D eigenvalue weighted by molar-refractivity contribution is 7.92. The smallest absolute Gasteiger partial charge is 0.244 e. The Labute approximate surface area is 201 Å². The van der Waals surface area contributed by atoms with Gasteiger partial charge >= 0.3 is 0 Å². The number of nitrogens with zero attached hydrogens (tertiary/aromatic N) is 2. The third-order valence-electron chi connectivity index (χ3n) is 6.08. The van der Waals surface area contributed by atoms with E-state index in [9.17, 15) is 18.0 Å². The van der Waals surface area contributed by atoms with Gasteiger partial charge in [0.05, 0.1) is 19.1 Å². The number of anilines is 1. The zero-order chi connectivity index (χ0) is 24.7. The molecule has 1 aliphatic carbocycles. The topological polar surface area (TPSA) is 96.0 Å². The molecule has 0 heterocycles. The highest BCUT2D eigenvalue weighted by Gasteiger charge is 2.31. The Morgan fingerprint density at radius 3 is 2.38 bits per heavy atom. The maximum absolute atomic E-state index is 13.5. The number of carbonyl (C=O) groups is 2. The van der Waals surface area contributed by atoms with E-state index in [-0.39, 0.29) is 18.5 Å². The standard InChI is InChI=1S/C25H33N3O5S/c1-19(25(30)26-21-11-7-8-12-21)27(17-20-10-9-15-23(16-20)33-2)24(29)18-28(34(3,31)32)22-13-5-4-6-14-22/h4-6,9-10,13-16,19,21H,7-8,11-12,17-18H2,1-3H3,(H,26,30)/t19-/m1/s1. The molecule has 0 radical (unpaired) electrons. The van der Waals surface area contributed by atoms with Crippen molar-refractivity contribution in [2.45, 2.75) is 51.2 Å². The lowest BCUT2D eigenvalue weighted by molar-refractivity contribution is -0.139. The Balaban J connectivity index is 1.87. The molecule has 1 fully saturated rings. The van der Waals surface area contributed by atoms with Crippen LogP contribution in [0.5, 0.6) is 5.75 Å². The second-order valence-corrected chi connectivity index (χ2v) is 10.6. The van der Waals surface area contributed by atoms with Gasteiger partial charge in [0.25, 0.3) is 0 Å². The van der Waals surface area contributed by atoms with Crippen molar-refractivity contribution in [3.63, 3.8) is 0 Å². The Morgan fingerprint density at radius 2 is 1.76 bits per heavy atom. The van der Waals surface area contributed by atoms with Crippen molar-refractivity contribution < 1.29 is 22.7 Å². The normalized spacial score (nSPS) is 14.9. The third kappa shape index (κ3) is 6.72. The molecule has 184 valence electrons. The van der Waals surface area contributed by atoms with Crippen LogP contribution in [-0.4, -0.2) is 57.1 Å². The fourth-order valence-electron chi connectivity index (χ4n) is 4.15. The van der Waals surface area contributed by atoms with E-state index in [4.69, 9.17) is 4.74 Å². The molecule has 1 saturated carbocycles. The first-order chi connectivity index (χ1) is 16.2. The van der Waals surface area contributed by atoms with Crippen molar-refractivity contribution in [1.29, 1.82) is 0 Å². The summed E-state index contributed by atoms with van der Waals surface area (Å²) in [7, 11) is -2.17. The number of benzene rings is 2. The zero-order valence-corrected chi connectivity index (χ0v) is 20.8. The minimum Gasteiger partial charge on any atom is -0.497 e. The SMILES string of the molecule is COc1cccc(CN(C(=O)CN(c2ccccc2)S(C)(=O)=O)[C@H](C)C(=O)NC2CCCC2)c1. The highest BCUT2D eigenvalue weighted by Crippen LogP contribution is 2.21. The minimum absolute atomic E-state index is 0.112. The lowest BCUT2D eigenvalue weighted by Gasteiger charge is -2.32. The first kappa shape index (κ1) is 25.6. The largest absolute Gasteiger partial charge is 0.497 e. The molecule has 9 heteroatoms. The predicted molar refractivity (Wildman–Crippen MR) is 132 cm³/mol. The lowest BCUT2D eigenvalue weighted by atomic mass is 10.1. The second-order valence-electron chi connectivity index (χ2n) is 8.64. The molecule has 1 atom stereocenters. The molecule has 2 amide bonds. The number of ether oxygens (including phenoxy) is 1. The van der Waals surface area contributed by atoms with Gasteiger partial charge in [0.2, 0.25) is 21.8 Å². The first-order valence-electron chi connectivity index (χ1n) is 11.4. The zero-order valence-electron chi connectivity index (χ0n) is 19.9. The number of sulfonamides is 1. The molecule has 0 spiro atoms. The molecule has 3 rings (SSSR count). The number of carbonyl (C=O) groups excluding carboxylic acids is 2. The van der Waals surface area contributed by atoms with Crippen molar-refractivity contribution in [1.82, 2.24) is 10.2 Å². The van der Waals surface area contributed by atoms with Crippen LogP contribution in [-0.2, 0) is 26.2 Å². The average molecular weight is 488 g/mol. The van der Waals surface area contributed by atoms with Gasteiger partial charge in [-0.2, -0.15) is 0 Å². The molecule has 1 aliphatic rings. The van der Waals surface area contributed by atoms with Gasteiger partial charge in [-0.25, -0.2) is 8.42 Å². The summed E-state index contributed by atoms with van der Waals surface area (Å²) in [6, 6.07) is 15.1. The van der Waals surface area contributed by atoms with Crippen LogP contribution in [0.1, 0.15) is 38.2 Å². The number of methoxy groups -OCH3 is 1. The molecule has 0 unspecified atom stereocenters. The molecule has 0 saturated heterocycles. The molecule has 8 nitrogen and oxygen atoms in total. The second kappa shape index (κ2) is 11.4. The number of amides is 2. The van der Waals surface area contributed by atoms with E-state index in [1.54, 1.807) is 56.5 Å². The van der Waals surface area contributed by atoms with Gasteiger partial charge in [-0.3, -0.25) is 13.9 Å². The summed E-state index contributed by atoms with van der Waals surface area (Å²) in [5.41, 5.74) is 1.17. The van der Waals surface area contributed by atoms with Gasteiger partial charge in [-0.05, 0) is 49.6 Å². The maximum Gasteiger partial charge on any atom is 0.244 e. The molecular formula is C25H33N3O5S. The van der Waals surface area contributed by atoms with Crippen molar-refractivity contribution in [2.75, 3.05) is 24.2 Å². The van der Waals surface area contributed by atoms with E-state index in [1.165, 1.54) is 4.90 Å². The summed E-state index contributed by atoms with van der Waals surface area (Å²) in [4.78, 5) is 28.0. The van der Waals surface area contributed by atoms with Crippen molar-refractivity contribution in [2.24, 2.45) is 0 Å². The Bertz CT molecular complexity index is 1080. The van der Waals surface area contributed by atoms with Gasteiger partial charge in [0.15, 0.2) is 0 Å². The average Bonchev–Trinajstić information content (AvgIpc) is 3.33. The maximum atomic E-state index is 13.5. The van der Waals surface area contributed by atoms with Crippen LogP contribution in [0.2, 0.25) is 0 Å². The molecule has 34 heavy (non-hydrogen) atoms. The lowest BCUT2D eigenvalue weighted by Crippen LogP contribution is -2.52. The van der Waals surface area contributed by atoms with Crippen LogP contribution < -0.4 is 14.4 Å². The fraction of sp³-hybridized carbons (Fsp3) is 0.440. The van der Waals surface area contributed by atoms with Gasteiger partial charge < -0.3 is 15.0 Å². The van der Waals surface area contributed by atoms with Crippen LogP contribution >= 0.6 is 0 Å². The summed E-state index contributed by atoms with van der Waals surface area (Å²) in [6.45, 7) is 1.41. The predicted octanol–water partition coefficient (Wildman–Crippen LogP) is 2.94. The molecule has 0 bridgehead atoms. The van der Waals surface area contributed by atoms with E-state index in [2.05, 4.69) is 5.32 Å². The number of hydrogen-bond donors (Lipinski definition) is 1. The molecular weight excluding hydrogens is 454 g/mol. The van der Waals surface area contributed by atoms with Crippen LogP contribution in [0.4, 0.5) is 5.69 Å². The number of nitrogens with one attached hydrogen (secondary N) is 1. The summed E-state index contributed by atoms with van der Waals surface area (Å²) >= 11 is 0. The first-order valence-corrected chi connectivity index (χ1v) is 13.3. The van der Waals surface area contributed by atoms with Crippen LogP contribution in [0.25, 0.3) is 0 Å². The third-order valence-corrected chi connectivity index (χ3v) is 7.22. The van der Waals surface area contributed by atoms with Crippen LogP contribution in [0.15, 0.2) is 54.6 Å². The monoisotopic (exact) mass is 487 g/mol. The number of para-hydroxylation sites is 1. The van der Waals surface area contributed by atoms with Gasteiger partial charge in [-0.1, -0.05) is 43.2 Å². The minimum atomic E-state index is -3.73. The molecule has 0 aromatic heterocycles. The Morgan fingerprint density at radius 1 is 1.09 bits per heavy atom. The molecule has 2 aromatic carbocycles. The van der Waals surface area contributed by atoms with Crippen LogP contribution in [0.3, 0.4) is 0 Å². The summed E-state index contributed by atoms with van der Waals surface area (Å²) in [6.07, 6.45) is 5.07. The van der Waals surface area contributed by atoms with Crippen molar-refractivity contribution in [3.8, 4) is 5.75 Å². The summed E-state index contributed by atoms with van der Waals surface area (Å²) in [5.74, 6) is -0.0741. The van der Waals surface area contributed by atoms with Gasteiger partial charge in [0, 0.05) is 12.6 Å². The van der Waals surface area contributed by atoms with E-state index in [0.29, 0.717) is 11.4 Å². The van der Waals surface area contributed by atoms with E-state index < -0.39 is 28.5 Å². The van der Waals surface area contributed by atoms with E-state index in [0.717, 1.165) is 41.8 Å².